The molecule has 6 heteroatoms. The molecular weight excluding hydrogens is 391 g/mol. The van der Waals surface area contributed by atoms with E-state index in [1.807, 2.05) is 0 Å². The number of hydrogen-bond donors (Lipinski definition) is 0. The van der Waals surface area contributed by atoms with Gasteiger partial charge < -0.3 is 8.80 Å². The van der Waals surface area contributed by atoms with Crippen molar-refractivity contribution in [3.63, 3.8) is 0 Å². The first-order chi connectivity index (χ1) is 12.8. The molecule has 0 unspecified atom stereocenters. The Morgan fingerprint density at radius 3 is 1.43 bits per heavy atom. The third-order valence-electron chi connectivity index (χ3n) is 6.29. The minimum absolute atomic E-state index is 0.557. The molecule has 0 heterocycles. The van der Waals surface area contributed by atoms with Crippen molar-refractivity contribution in [2.24, 2.45) is 4.99 Å². The first kappa shape index (κ1) is 24.2. The van der Waals surface area contributed by atoms with Crippen molar-refractivity contribution in [2.45, 2.75) is 135 Å². The van der Waals surface area contributed by atoms with Crippen molar-refractivity contribution in [1.29, 1.82) is 0 Å². The van der Waals surface area contributed by atoms with E-state index >= 15 is 0 Å². The van der Waals surface area contributed by atoms with Crippen LogP contribution in [0.3, 0.4) is 0 Å². The summed E-state index contributed by atoms with van der Waals surface area (Å²) in [7, 11) is -4.60. The van der Waals surface area contributed by atoms with Crippen molar-refractivity contribution in [3.05, 3.63) is 0 Å². The second-order valence-corrected chi connectivity index (χ2v) is 27.1. The van der Waals surface area contributed by atoms with Crippen molar-refractivity contribution < 1.29 is 0 Å². The van der Waals surface area contributed by atoms with Crippen LogP contribution in [0.4, 0.5) is 0 Å². The van der Waals surface area contributed by atoms with Gasteiger partial charge in [0.25, 0.3) is 0 Å². The molecule has 0 N–H and O–H groups in total. The molecule has 0 atom stereocenters. The summed E-state index contributed by atoms with van der Waals surface area (Å²) in [6.07, 6.45) is 13.8. The van der Waals surface area contributed by atoms with Gasteiger partial charge in [0, 0.05) is 6.04 Å². The highest BCUT2D eigenvalue weighted by molar-refractivity contribution is 6.93. The van der Waals surface area contributed by atoms with Crippen LogP contribution < -0.4 is 0 Å². The van der Waals surface area contributed by atoms with Gasteiger partial charge in [-0.2, -0.15) is 0 Å². The fraction of sp³-hybridized carbons (Fsp3) is 0.955. The summed E-state index contributed by atoms with van der Waals surface area (Å²) in [6, 6.07) is 1.28. The molecule has 0 aromatic rings. The van der Waals surface area contributed by atoms with E-state index in [0.717, 1.165) is 6.04 Å². The minimum Gasteiger partial charge on any atom is -0.397 e. The molecule has 3 nitrogen and oxygen atoms in total. The molecular formula is C22H49N3Si3. The lowest BCUT2D eigenvalue weighted by molar-refractivity contribution is 0.310. The van der Waals surface area contributed by atoms with E-state index in [2.05, 4.69) is 67.7 Å². The molecule has 2 rings (SSSR count). The standard InChI is InChI=1S/C22H49N3Si3/c1-26(2,3)24(21-18-14-11-15-19-21)22(23-20-16-12-10-13-17-20)25(27(4,5)6)28(7,8)9/h20-21H,10-19H2,1-9H3. The molecule has 2 fully saturated rings. The Hall–Kier alpha value is -0.0794. The largest absolute Gasteiger partial charge is 0.397 e. The highest BCUT2D eigenvalue weighted by Gasteiger charge is 2.44. The van der Waals surface area contributed by atoms with Crippen LogP contribution >= 0.6 is 0 Å². The molecule has 0 bridgehead atoms. The smallest absolute Gasteiger partial charge is 0.172 e. The zero-order valence-corrected chi connectivity index (χ0v) is 23.6. The molecule has 0 aromatic heterocycles. The van der Waals surface area contributed by atoms with Crippen LogP contribution in [0, 0.1) is 0 Å². The van der Waals surface area contributed by atoms with Gasteiger partial charge in [-0.1, -0.05) is 97.4 Å². The van der Waals surface area contributed by atoms with Crippen LogP contribution in [0.2, 0.25) is 58.9 Å². The molecule has 2 aliphatic rings. The Balaban J connectivity index is 2.57. The first-order valence-electron chi connectivity index (χ1n) is 12.0. The Labute approximate surface area is 179 Å². The molecule has 0 radical (unpaired) electrons. The number of guanidine groups is 1. The van der Waals surface area contributed by atoms with E-state index in [0.29, 0.717) is 6.04 Å². The second kappa shape index (κ2) is 9.38. The monoisotopic (exact) mass is 439 g/mol. The Morgan fingerprint density at radius 1 is 0.607 bits per heavy atom. The van der Waals surface area contributed by atoms with Crippen LogP contribution in [-0.4, -0.2) is 51.5 Å². The van der Waals surface area contributed by atoms with E-state index < -0.39 is 24.7 Å². The van der Waals surface area contributed by atoms with Crippen molar-refractivity contribution in [1.82, 2.24) is 8.80 Å². The lowest BCUT2D eigenvalue weighted by Gasteiger charge is -2.54. The fourth-order valence-corrected chi connectivity index (χ4v) is 17.4. The maximum Gasteiger partial charge on any atom is 0.172 e. The highest BCUT2D eigenvalue weighted by atomic mass is 28.4. The normalized spacial score (nSPS) is 21.7. The average Bonchev–Trinajstić information content (AvgIpc) is 2.53. The summed E-state index contributed by atoms with van der Waals surface area (Å²) in [6.45, 7) is 23.0. The predicted octanol–water partition coefficient (Wildman–Crippen LogP) is 7.12. The maximum absolute atomic E-state index is 5.68. The summed E-state index contributed by atoms with van der Waals surface area (Å²) < 4.78 is 5.89. The van der Waals surface area contributed by atoms with Gasteiger partial charge in [0.1, 0.15) is 16.5 Å². The van der Waals surface area contributed by atoms with Gasteiger partial charge in [-0.3, -0.25) is 4.99 Å². The summed E-state index contributed by atoms with van der Waals surface area (Å²) in [4.78, 5) is 5.68. The number of nitrogens with zero attached hydrogens (tertiary/aromatic N) is 3. The molecule has 0 spiro atoms. The molecule has 0 saturated heterocycles. The molecule has 164 valence electrons. The number of hydrogen-bond acceptors (Lipinski definition) is 1. The topological polar surface area (TPSA) is 18.8 Å². The van der Waals surface area contributed by atoms with Crippen LogP contribution in [0.5, 0.6) is 0 Å². The van der Waals surface area contributed by atoms with Crippen molar-refractivity contribution >= 4 is 30.7 Å². The summed E-state index contributed by atoms with van der Waals surface area (Å²) >= 11 is 0. The van der Waals surface area contributed by atoms with E-state index in [-0.39, 0.29) is 0 Å². The maximum atomic E-state index is 5.68. The minimum atomic E-state index is -1.54. The Morgan fingerprint density at radius 2 is 1.04 bits per heavy atom. The van der Waals surface area contributed by atoms with Gasteiger partial charge in [-0.15, -0.1) is 0 Å². The Bertz CT molecular complexity index is 503. The molecule has 0 amide bonds. The molecule has 0 aliphatic heterocycles. The third-order valence-corrected chi connectivity index (χ3v) is 15.4. The molecule has 2 aliphatic carbocycles. The van der Waals surface area contributed by atoms with Gasteiger partial charge in [0.2, 0.25) is 0 Å². The van der Waals surface area contributed by atoms with Gasteiger partial charge in [0.05, 0.1) is 6.04 Å². The summed E-state index contributed by atoms with van der Waals surface area (Å²) in [5, 5.41) is 0. The van der Waals surface area contributed by atoms with E-state index in [1.54, 1.807) is 0 Å². The van der Waals surface area contributed by atoms with Crippen LogP contribution in [-0.2, 0) is 0 Å². The SMILES string of the molecule is C[Si](C)(C)N(C(=NC1CCCCC1)N([Si](C)(C)C)[Si](C)(C)C)C1CCCCC1. The quantitative estimate of drug-likeness (QED) is 0.258. The van der Waals surface area contributed by atoms with E-state index in [9.17, 15) is 0 Å². The number of rotatable bonds is 5. The molecule has 2 saturated carbocycles. The van der Waals surface area contributed by atoms with Gasteiger partial charge in [-0.25, -0.2) is 0 Å². The van der Waals surface area contributed by atoms with E-state index in [1.165, 1.54) is 70.2 Å². The first-order valence-corrected chi connectivity index (χ1v) is 22.3. The van der Waals surface area contributed by atoms with Gasteiger partial charge in [-0.05, 0) is 25.7 Å². The zero-order valence-electron chi connectivity index (χ0n) is 20.6. The van der Waals surface area contributed by atoms with Crippen LogP contribution in [0.15, 0.2) is 4.99 Å². The molecule has 0 aromatic carbocycles. The van der Waals surface area contributed by atoms with Crippen LogP contribution in [0.1, 0.15) is 64.2 Å². The summed E-state index contributed by atoms with van der Waals surface area (Å²) in [5.74, 6) is 1.45. The summed E-state index contributed by atoms with van der Waals surface area (Å²) in [5.41, 5.74) is 0. The second-order valence-electron chi connectivity index (χ2n) is 12.2. The van der Waals surface area contributed by atoms with Gasteiger partial charge in [0.15, 0.2) is 14.2 Å². The zero-order chi connectivity index (χ0) is 21.2. The lowest BCUT2D eigenvalue weighted by atomic mass is 9.95. The number of aliphatic imine (C=N–C) groups is 1. The highest BCUT2D eigenvalue weighted by Crippen LogP contribution is 2.33. The molecule has 28 heavy (non-hydrogen) atoms. The average molecular weight is 440 g/mol. The van der Waals surface area contributed by atoms with E-state index in [4.69, 9.17) is 4.99 Å². The fourth-order valence-electron chi connectivity index (χ4n) is 5.56. The van der Waals surface area contributed by atoms with Crippen molar-refractivity contribution in [3.8, 4) is 0 Å². The lowest BCUT2D eigenvalue weighted by Crippen LogP contribution is -2.70. The van der Waals surface area contributed by atoms with Crippen LogP contribution in [0.25, 0.3) is 0 Å². The van der Waals surface area contributed by atoms with Gasteiger partial charge >= 0.3 is 0 Å². The van der Waals surface area contributed by atoms with Crippen molar-refractivity contribution in [2.75, 3.05) is 0 Å². The Kier molecular flexibility index (Phi) is 8.10. The third kappa shape index (κ3) is 6.46. The predicted molar refractivity (Wildman–Crippen MR) is 135 cm³/mol.